The number of aryl methyl sites for hydroxylation is 1. The number of methoxy groups -OCH3 is 1. The smallest absolute Gasteiger partial charge is 0.433 e. The molecule has 0 aliphatic heterocycles. The van der Waals surface area contributed by atoms with Crippen molar-refractivity contribution in [3.63, 3.8) is 0 Å². The van der Waals surface area contributed by atoms with Crippen molar-refractivity contribution in [3.05, 3.63) is 46.8 Å². The fourth-order valence-corrected chi connectivity index (χ4v) is 2.88. The second-order valence-corrected chi connectivity index (χ2v) is 6.46. The maximum absolute atomic E-state index is 13.3. The molecule has 0 spiro atoms. The summed E-state index contributed by atoms with van der Waals surface area (Å²) in [5.74, 6) is -0.675. The highest BCUT2D eigenvalue weighted by atomic mass is 19.4. The Morgan fingerprint density at radius 3 is 2.17 bits per heavy atom. The molecule has 0 saturated heterocycles. The lowest BCUT2D eigenvalue weighted by Gasteiger charge is -2.19. The summed E-state index contributed by atoms with van der Waals surface area (Å²) in [6, 6.07) is 5.41. The Balaban J connectivity index is 2.12. The first kappa shape index (κ1) is 22.8. The average Bonchev–Trinajstić information content (AvgIpc) is 2.65. The van der Waals surface area contributed by atoms with Crippen molar-refractivity contribution >= 4 is 5.82 Å². The maximum atomic E-state index is 13.3. The number of alkyl halides is 6. The number of nitrogens with one attached hydrogen (secondary N) is 1. The van der Waals surface area contributed by atoms with Crippen LogP contribution in [-0.2, 0) is 18.8 Å². The fourth-order valence-electron chi connectivity index (χ4n) is 2.88. The molecule has 0 saturated carbocycles. The quantitative estimate of drug-likeness (QED) is 0.584. The molecule has 1 unspecified atom stereocenters. The van der Waals surface area contributed by atoms with Crippen molar-refractivity contribution in [1.82, 2.24) is 9.97 Å². The van der Waals surface area contributed by atoms with Gasteiger partial charge in [-0.1, -0.05) is 26.0 Å². The molecule has 2 aromatic heterocycles. The van der Waals surface area contributed by atoms with E-state index in [0.717, 1.165) is 0 Å². The summed E-state index contributed by atoms with van der Waals surface area (Å²) in [6.45, 7) is 3.33. The Kier molecular flexibility index (Phi) is 6.97. The van der Waals surface area contributed by atoms with E-state index in [1.165, 1.54) is 31.4 Å². The van der Waals surface area contributed by atoms with Crippen LogP contribution in [-0.4, -0.2) is 23.6 Å². The van der Waals surface area contributed by atoms with Crippen LogP contribution >= 0.6 is 0 Å². The SMILES string of the molecule is CCc1ccc(NCCC(C)c2ccc(OC)nc2C(F)(F)F)nc1C(F)(F)F. The standard InChI is InChI=1S/C19H21F6N3O/c1-4-12-5-7-14(27-16(12)18(20,21)22)26-10-9-11(2)13-6-8-15(29-3)28-17(13)19(23,24)25/h5-8,11H,4,9-10H2,1-3H3,(H,26,27). The van der Waals surface area contributed by atoms with Crippen LogP contribution in [0.3, 0.4) is 0 Å². The number of pyridine rings is 2. The van der Waals surface area contributed by atoms with E-state index in [4.69, 9.17) is 4.74 Å². The van der Waals surface area contributed by atoms with Crippen LogP contribution in [0.5, 0.6) is 5.88 Å². The zero-order chi connectivity index (χ0) is 21.8. The molecule has 0 aromatic carbocycles. The number of hydrogen-bond acceptors (Lipinski definition) is 4. The Morgan fingerprint density at radius 2 is 1.62 bits per heavy atom. The minimum atomic E-state index is -4.65. The van der Waals surface area contributed by atoms with Crippen molar-refractivity contribution in [2.75, 3.05) is 19.0 Å². The van der Waals surface area contributed by atoms with E-state index in [2.05, 4.69) is 15.3 Å². The van der Waals surface area contributed by atoms with Crippen LogP contribution in [0.4, 0.5) is 32.2 Å². The van der Waals surface area contributed by atoms with Crippen LogP contribution in [0.25, 0.3) is 0 Å². The molecule has 2 rings (SSSR count). The van der Waals surface area contributed by atoms with Gasteiger partial charge < -0.3 is 10.1 Å². The number of ether oxygens (including phenoxy) is 1. The minimum absolute atomic E-state index is 0.00892. The van der Waals surface area contributed by atoms with Gasteiger partial charge in [-0.15, -0.1) is 0 Å². The van der Waals surface area contributed by atoms with Gasteiger partial charge in [-0.2, -0.15) is 26.3 Å². The van der Waals surface area contributed by atoms with E-state index >= 15 is 0 Å². The number of aromatic nitrogens is 2. The molecule has 160 valence electrons. The number of anilines is 1. The van der Waals surface area contributed by atoms with Gasteiger partial charge in [0.25, 0.3) is 0 Å². The van der Waals surface area contributed by atoms with Crippen molar-refractivity contribution < 1.29 is 31.1 Å². The van der Waals surface area contributed by atoms with E-state index < -0.39 is 29.7 Å². The monoisotopic (exact) mass is 421 g/mol. The van der Waals surface area contributed by atoms with Crippen molar-refractivity contribution in [2.45, 2.75) is 45.0 Å². The summed E-state index contributed by atoms with van der Waals surface area (Å²) < 4.78 is 83.9. The first-order valence-corrected chi connectivity index (χ1v) is 8.90. The second kappa shape index (κ2) is 8.87. The van der Waals surface area contributed by atoms with E-state index in [0.29, 0.717) is 0 Å². The van der Waals surface area contributed by atoms with Gasteiger partial charge in [0.05, 0.1) is 7.11 Å². The molecule has 1 N–H and O–H groups in total. The summed E-state index contributed by atoms with van der Waals surface area (Å²) in [6.07, 6.45) is -8.81. The number of rotatable bonds is 7. The lowest BCUT2D eigenvalue weighted by molar-refractivity contribution is -0.142. The molecule has 0 radical (unpaired) electrons. The molecule has 0 aliphatic carbocycles. The molecule has 10 heteroatoms. The van der Waals surface area contributed by atoms with Gasteiger partial charge >= 0.3 is 12.4 Å². The zero-order valence-electron chi connectivity index (χ0n) is 16.1. The Morgan fingerprint density at radius 1 is 0.966 bits per heavy atom. The number of halogens is 6. The third-order valence-corrected chi connectivity index (χ3v) is 4.42. The molecule has 1 atom stereocenters. The van der Waals surface area contributed by atoms with Crippen LogP contribution < -0.4 is 10.1 Å². The van der Waals surface area contributed by atoms with Crippen molar-refractivity contribution in [2.24, 2.45) is 0 Å². The van der Waals surface area contributed by atoms with Gasteiger partial charge in [0, 0.05) is 12.6 Å². The molecule has 0 amide bonds. The third-order valence-electron chi connectivity index (χ3n) is 4.42. The Hall–Kier alpha value is -2.52. The average molecular weight is 421 g/mol. The molecule has 0 aliphatic rings. The fraction of sp³-hybridized carbons (Fsp3) is 0.474. The van der Waals surface area contributed by atoms with Gasteiger partial charge in [0.2, 0.25) is 5.88 Å². The Bertz CT molecular complexity index is 836. The van der Waals surface area contributed by atoms with Gasteiger partial charge in [-0.25, -0.2) is 9.97 Å². The topological polar surface area (TPSA) is 47.0 Å². The molecule has 4 nitrogen and oxygen atoms in total. The lowest BCUT2D eigenvalue weighted by Crippen LogP contribution is -2.17. The summed E-state index contributed by atoms with van der Waals surface area (Å²) in [4.78, 5) is 7.12. The zero-order valence-corrected chi connectivity index (χ0v) is 16.1. The first-order chi connectivity index (χ1) is 13.5. The lowest BCUT2D eigenvalue weighted by atomic mass is 9.96. The van der Waals surface area contributed by atoms with Crippen molar-refractivity contribution in [1.29, 1.82) is 0 Å². The van der Waals surface area contributed by atoms with Crippen molar-refractivity contribution in [3.8, 4) is 5.88 Å². The largest absolute Gasteiger partial charge is 0.481 e. The van der Waals surface area contributed by atoms with E-state index in [1.54, 1.807) is 13.8 Å². The third kappa shape index (κ3) is 5.74. The van der Waals surface area contributed by atoms with Crippen LogP contribution in [0.15, 0.2) is 24.3 Å². The van der Waals surface area contributed by atoms with Gasteiger partial charge in [0.1, 0.15) is 11.5 Å². The van der Waals surface area contributed by atoms with Gasteiger partial charge in [-0.3, -0.25) is 0 Å². The predicted octanol–water partition coefficient (Wildman–Crippen LogP) is 5.69. The second-order valence-electron chi connectivity index (χ2n) is 6.46. The first-order valence-electron chi connectivity index (χ1n) is 8.90. The van der Waals surface area contributed by atoms with Gasteiger partial charge in [-0.05, 0) is 36.0 Å². The van der Waals surface area contributed by atoms with E-state index in [-0.39, 0.29) is 42.2 Å². The van der Waals surface area contributed by atoms with Crippen LogP contribution in [0.1, 0.15) is 48.7 Å². The van der Waals surface area contributed by atoms with Crippen LogP contribution in [0.2, 0.25) is 0 Å². The molecular weight excluding hydrogens is 400 g/mol. The number of hydrogen-bond donors (Lipinski definition) is 1. The maximum Gasteiger partial charge on any atom is 0.433 e. The van der Waals surface area contributed by atoms with E-state index in [9.17, 15) is 26.3 Å². The highest BCUT2D eigenvalue weighted by molar-refractivity contribution is 5.40. The summed E-state index contributed by atoms with van der Waals surface area (Å²) in [5, 5.41) is 2.75. The highest BCUT2D eigenvalue weighted by Gasteiger charge is 2.37. The molecule has 2 heterocycles. The Labute approximate surface area is 164 Å². The molecule has 0 bridgehead atoms. The molecule has 0 fully saturated rings. The summed E-state index contributed by atoms with van der Waals surface area (Å²) in [7, 11) is 1.22. The van der Waals surface area contributed by atoms with Gasteiger partial charge in [0.15, 0.2) is 5.69 Å². The van der Waals surface area contributed by atoms with E-state index in [1.807, 2.05) is 0 Å². The van der Waals surface area contributed by atoms with Crippen LogP contribution in [0, 0.1) is 0 Å². The highest BCUT2D eigenvalue weighted by Crippen LogP contribution is 2.36. The minimum Gasteiger partial charge on any atom is -0.481 e. The normalized spacial score (nSPS) is 13.3. The summed E-state index contributed by atoms with van der Waals surface area (Å²) >= 11 is 0. The molecule has 2 aromatic rings. The number of nitrogens with zero attached hydrogens (tertiary/aromatic N) is 2. The molecular formula is C19H21F6N3O. The molecule has 29 heavy (non-hydrogen) atoms. The summed E-state index contributed by atoms with van der Waals surface area (Å²) in [5.41, 5.74) is -1.92. The predicted molar refractivity (Wildman–Crippen MR) is 95.9 cm³/mol.